The molecule has 0 atom stereocenters. The van der Waals surface area contributed by atoms with Crippen molar-refractivity contribution in [2.75, 3.05) is 13.1 Å². The molecule has 2 aromatic rings. The number of hydrogen-bond donors (Lipinski definition) is 1. The number of carbonyl (C=O) groups is 1. The number of nitrogens with zero attached hydrogens (tertiary/aromatic N) is 3. The van der Waals surface area contributed by atoms with Gasteiger partial charge in [-0.2, -0.15) is 23.7 Å². The number of alkyl halides is 3. The maximum atomic E-state index is 13.0. The van der Waals surface area contributed by atoms with Gasteiger partial charge in [0.15, 0.2) is 0 Å². The number of nitrogens with one attached hydrogen (secondary N) is 1. The van der Waals surface area contributed by atoms with Gasteiger partial charge >= 0.3 is 6.18 Å². The fourth-order valence-electron chi connectivity index (χ4n) is 2.60. The van der Waals surface area contributed by atoms with Gasteiger partial charge in [-0.05, 0) is 42.0 Å². The summed E-state index contributed by atoms with van der Waals surface area (Å²) in [5.41, 5.74) is 0.615. The van der Waals surface area contributed by atoms with Crippen molar-refractivity contribution >= 4 is 15.9 Å². The Morgan fingerprint density at radius 2 is 1.65 bits per heavy atom. The molecule has 0 saturated heterocycles. The van der Waals surface area contributed by atoms with E-state index in [-0.39, 0.29) is 30.0 Å². The Balaban J connectivity index is 2.23. The lowest BCUT2D eigenvalue weighted by Gasteiger charge is -2.24. The molecular weight excluding hydrogens is 433 g/mol. The highest BCUT2D eigenvalue weighted by Gasteiger charge is 2.33. The minimum absolute atomic E-state index is 0.0302. The number of nitriles is 2. The van der Waals surface area contributed by atoms with Crippen LogP contribution in [0.5, 0.6) is 0 Å². The molecule has 0 spiro atoms. The highest BCUT2D eigenvalue weighted by Crippen LogP contribution is 2.21. The predicted octanol–water partition coefficient (Wildman–Crippen LogP) is 2.95. The van der Waals surface area contributed by atoms with Crippen molar-refractivity contribution in [3.8, 4) is 12.1 Å². The van der Waals surface area contributed by atoms with Crippen LogP contribution in [-0.2, 0) is 16.6 Å². The minimum Gasteiger partial charge on any atom is -0.325 e. The number of rotatable bonds is 8. The molecule has 0 aliphatic rings. The van der Waals surface area contributed by atoms with Gasteiger partial charge in [0.2, 0.25) is 10.0 Å². The van der Waals surface area contributed by atoms with Crippen LogP contribution in [-0.4, -0.2) is 38.5 Å². The molecule has 0 saturated carbocycles. The summed E-state index contributed by atoms with van der Waals surface area (Å²) >= 11 is 0. The van der Waals surface area contributed by atoms with Crippen molar-refractivity contribution in [3.05, 3.63) is 65.2 Å². The van der Waals surface area contributed by atoms with E-state index in [9.17, 15) is 26.4 Å². The fourth-order valence-corrected chi connectivity index (χ4v) is 3.64. The Labute approximate surface area is 177 Å². The van der Waals surface area contributed by atoms with Crippen LogP contribution in [0.3, 0.4) is 0 Å². The molecule has 0 aliphatic heterocycles. The number of halogens is 3. The molecule has 31 heavy (non-hydrogen) atoms. The molecule has 0 radical (unpaired) electrons. The Kier molecular flexibility index (Phi) is 7.75. The molecule has 0 bridgehead atoms. The second-order valence-electron chi connectivity index (χ2n) is 6.42. The Hall–Kier alpha value is -3.41. The van der Waals surface area contributed by atoms with Crippen LogP contribution in [0.4, 0.5) is 13.2 Å². The first-order valence-electron chi connectivity index (χ1n) is 8.87. The average molecular weight is 450 g/mol. The van der Waals surface area contributed by atoms with Crippen LogP contribution in [0.25, 0.3) is 0 Å². The van der Waals surface area contributed by atoms with Crippen LogP contribution in [0.1, 0.15) is 27.9 Å². The predicted molar refractivity (Wildman–Crippen MR) is 104 cm³/mol. The second-order valence-corrected chi connectivity index (χ2v) is 8.18. The standard InChI is InChI=1S/C20H17F3N4O3S/c21-20(22,23)14-27(13-16-4-2-15(12-25)3-5-16)19(28)17-6-8-18(9-7-17)31(29,30)26-11-1-10-24/h2-9,26H,1,11,13-14H2. The van der Waals surface area contributed by atoms with Gasteiger partial charge in [0.25, 0.3) is 5.91 Å². The third-order valence-corrected chi connectivity index (χ3v) is 5.53. The second kappa shape index (κ2) is 10.1. The zero-order valence-electron chi connectivity index (χ0n) is 16.1. The van der Waals surface area contributed by atoms with Gasteiger partial charge in [-0.3, -0.25) is 4.79 Å². The van der Waals surface area contributed by atoms with Gasteiger partial charge in [-0.25, -0.2) is 13.1 Å². The topological polar surface area (TPSA) is 114 Å². The minimum atomic E-state index is -4.64. The van der Waals surface area contributed by atoms with Crippen molar-refractivity contribution in [3.63, 3.8) is 0 Å². The summed E-state index contributed by atoms with van der Waals surface area (Å²) in [5.74, 6) is -0.928. The molecule has 0 aromatic heterocycles. The van der Waals surface area contributed by atoms with Crippen LogP contribution in [0, 0.1) is 22.7 Å². The highest BCUT2D eigenvalue weighted by molar-refractivity contribution is 7.89. The van der Waals surface area contributed by atoms with E-state index in [0.29, 0.717) is 16.0 Å². The number of hydrogen-bond acceptors (Lipinski definition) is 5. The molecule has 1 amide bonds. The lowest BCUT2D eigenvalue weighted by atomic mass is 10.1. The van der Waals surface area contributed by atoms with Crippen LogP contribution >= 0.6 is 0 Å². The molecule has 0 unspecified atom stereocenters. The van der Waals surface area contributed by atoms with E-state index < -0.39 is 28.7 Å². The molecule has 162 valence electrons. The molecule has 7 nitrogen and oxygen atoms in total. The summed E-state index contributed by atoms with van der Waals surface area (Å²) in [6.07, 6.45) is -4.67. The fraction of sp³-hybridized carbons (Fsp3) is 0.250. The van der Waals surface area contributed by atoms with E-state index in [1.54, 1.807) is 6.07 Å². The molecule has 2 rings (SSSR count). The van der Waals surface area contributed by atoms with E-state index in [4.69, 9.17) is 10.5 Å². The molecule has 0 fully saturated rings. The Morgan fingerprint density at radius 3 is 2.16 bits per heavy atom. The van der Waals surface area contributed by atoms with Crippen LogP contribution < -0.4 is 4.72 Å². The quantitative estimate of drug-likeness (QED) is 0.621. The van der Waals surface area contributed by atoms with Crippen molar-refractivity contribution < 1.29 is 26.4 Å². The number of benzene rings is 2. The van der Waals surface area contributed by atoms with E-state index in [1.165, 1.54) is 24.3 Å². The number of carbonyl (C=O) groups excluding carboxylic acids is 1. The molecule has 0 heterocycles. The monoisotopic (exact) mass is 450 g/mol. The van der Waals surface area contributed by atoms with Gasteiger partial charge in [-0.15, -0.1) is 0 Å². The van der Waals surface area contributed by atoms with Gasteiger partial charge in [0.05, 0.1) is 22.6 Å². The zero-order valence-corrected chi connectivity index (χ0v) is 16.9. The van der Waals surface area contributed by atoms with E-state index in [2.05, 4.69) is 4.72 Å². The van der Waals surface area contributed by atoms with E-state index >= 15 is 0 Å². The molecular formula is C20H17F3N4O3S. The van der Waals surface area contributed by atoms with E-state index in [0.717, 1.165) is 24.3 Å². The Morgan fingerprint density at radius 1 is 1.03 bits per heavy atom. The number of amides is 1. The van der Waals surface area contributed by atoms with Crippen LogP contribution in [0.15, 0.2) is 53.4 Å². The summed E-state index contributed by atoms with van der Waals surface area (Å²) in [6.45, 7) is -1.94. The van der Waals surface area contributed by atoms with Crippen molar-refractivity contribution in [2.45, 2.75) is 24.0 Å². The van der Waals surface area contributed by atoms with Gasteiger partial charge < -0.3 is 4.90 Å². The summed E-state index contributed by atoms with van der Waals surface area (Å²) in [7, 11) is -3.91. The molecule has 2 aromatic carbocycles. The molecule has 0 aliphatic carbocycles. The first-order valence-corrected chi connectivity index (χ1v) is 10.4. The SMILES string of the molecule is N#CCCNS(=O)(=O)c1ccc(C(=O)N(Cc2ccc(C#N)cc2)CC(F)(F)F)cc1. The number of sulfonamides is 1. The summed E-state index contributed by atoms with van der Waals surface area (Å²) in [5, 5.41) is 17.3. The van der Waals surface area contributed by atoms with Crippen LogP contribution in [0.2, 0.25) is 0 Å². The van der Waals surface area contributed by atoms with E-state index in [1.807, 2.05) is 6.07 Å². The normalized spacial score (nSPS) is 11.4. The largest absolute Gasteiger partial charge is 0.406 e. The lowest BCUT2D eigenvalue weighted by Crippen LogP contribution is -2.38. The smallest absolute Gasteiger partial charge is 0.325 e. The van der Waals surface area contributed by atoms with Crippen molar-refractivity contribution in [1.29, 1.82) is 10.5 Å². The van der Waals surface area contributed by atoms with Crippen molar-refractivity contribution in [2.24, 2.45) is 0 Å². The molecule has 1 N–H and O–H groups in total. The maximum Gasteiger partial charge on any atom is 0.406 e. The lowest BCUT2D eigenvalue weighted by molar-refractivity contribution is -0.141. The van der Waals surface area contributed by atoms with Gasteiger partial charge in [0, 0.05) is 25.1 Å². The highest BCUT2D eigenvalue weighted by atomic mass is 32.2. The average Bonchev–Trinajstić information content (AvgIpc) is 2.72. The third kappa shape index (κ3) is 7.10. The summed E-state index contributed by atoms with van der Waals surface area (Å²) in [6, 6.07) is 13.9. The molecule has 11 heteroatoms. The van der Waals surface area contributed by atoms with Gasteiger partial charge in [-0.1, -0.05) is 12.1 Å². The summed E-state index contributed by atoms with van der Waals surface area (Å²) < 4.78 is 65.5. The summed E-state index contributed by atoms with van der Waals surface area (Å²) in [4.78, 5) is 13.1. The van der Waals surface area contributed by atoms with Crippen molar-refractivity contribution in [1.82, 2.24) is 9.62 Å². The Bertz CT molecular complexity index is 1100. The first-order chi connectivity index (χ1) is 14.6. The third-order valence-electron chi connectivity index (χ3n) is 4.05. The maximum absolute atomic E-state index is 13.0. The zero-order chi connectivity index (χ0) is 23.1. The first kappa shape index (κ1) is 23.9. The van der Waals surface area contributed by atoms with Gasteiger partial charge in [0.1, 0.15) is 6.54 Å².